The lowest BCUT2D eigenvalue weighted by molar-refractivity contribution is -0.146. The van der Waals surface area contributed by atoms with Crippen molar-refractivity contribution in [3.63, 3.8) is 0 Å². The highest BCUT2D eigenvalue weighted by Gasteiger charge is 2.33. The molecule has 0 fully saturated rings. The number of hydrogen-bond donors (Lipinski definition) is 1. The molecule has 4 nitrogen and oxygen atoms in total. The van der Waals surface area contributed by atoms with Crippen LogP contribution < -0.4 is 0 Å². The van der Waals surface area contributed by atoms with Gasteiger partial charge in [0.05, 0.1) is 5.69 Å². The fraction of sp³-hybridized carbons (Fsp3) is 0.143. The molecule has 1 N–H and O–H groups in total. The Labute approximate surface area is 201 Å². The van der Waals surface area contributed by atoms with Crippen molar-refractivity contribution in [2.75, 3.05) is 0 Å². The Morgan fingerprint density at radius 1 is 1.00 bits per heavy atom. The van der Waals surface area contributed by atoms with Gasteiger partial charge in [0.25, 0.3) is 0 Å². The van der Waals surface area contributed by atoms with E-state index in [1.54, 1.807) is 6.07 Å². The normalized spacial score (nSPS) is 14.3. The maximum Gasteiger partial charge on any atom is 0.303 e. The van der Waals surface area contributed by atoms with Crippen LogP contribution >= 0.6 is 15.9 Å². The highest BCUT2D eigenvalue weighted by Crippen LogP contribution is 2.50. The largest absolute Gasteiger partial charge is 0.507 e. The standard InChI is InChI=1S/C28H22BrNO3/c1-16-6-12-24(30-15-16)21-4-3-5-22-23(21)14-26(33-17(2)31)28-20(11-13-25(32)27(22)28)18-7-9-19(29)10-8-18/h3-13,15,26,32H,14H2,1-2H3. The van der Waals surface area contributed by atoms with Crippen molar-refractivity contribution >= 4 is 21.9 Å². The number of carbonyl (C=O) groups excluding carboxylic acids is 1. The molecular weight excluding hydrogens is 478 g/mol. The molecule has 33 heavy (non-hydrogen) atoms. The number of pyridine rings is 1. The maximum atomic E-state index is 12.1. The number of aromatic hydroxyl groups is 1. The summed E-state index contributed by atoms with van der Waals surface area (Å²) in [5.74, 6) is -0.191. The lowest BCUT2D eigenvalue weighted by Gasteiger charge is -2.31. The van der Waals surface area contributed by atoms with E-state index in [0.29, 0.717) is 12.0 Å². The van der Waals surface area contributed by atoms with Gasteiger partial charge in [0, 0.05) is 40.7 Å². The highest BCUT2D eigenvalue weighted by molar-refractivity contribution is 9.10. The van der Waals surface area contributed by atoms with Crippen LogP contribution in [0.5, 0.6) is 5.75 Å². The van der Waals surface area contributed by atoms with Crippen molar-refractivity contribution in [3.8, 4) is 39.3 Å². The molecule has 0 saturated carbocycles. The van der Waals surface area contributed by atoms with E-state index >= 15 is 0 Å². The molecular formula is C28H22BrNO3. The van der Waals surface area contributed by atoms with Crippen molar-refractivity contribution in [2.24, 2.45) is 0 Å². The third-order valence-electron chi connectivity index (χ3n) is 6.03. The minimum Gasteiger partial charge on any atom is -0.507 e. The van der Waals surface area contributed by atoms with Gasteiger partial charge in [0.2, 0.25) is 0 Å². The van der Waals surface area contributed by atoms with Crippen LogP contribution in [-0.4, -0.2) is 16.1 Å². The average molecular weight is 500 g/mol. The third kappa shape index (κ3) is 3.93. The summed E-state index contributed by atoms with van der Waals surface area (Å²) in [6.07, 6.45) is 1.82. The van der Waals surface area contributed by atoms with Crippen molar-refractivity contribution in [3.05, 3.63) is 94.1 Å². The second kappa shape index (κ2) is 8.49. The number of phenols is 1. The molecule has 4 aromatic rings. The van der Waals surface area contributed by atoms with E-state index in [-0.39, 0.29) is 11.7 Å². The fourth-order valence-corrected chi connectivity index (χ4v) is 4.87. The van der Waals surface area contributed by atoms with Gasteiger partial charge in [-0.05, 0) is 59.0 Å². The second-order valence-electron chi connectivity index (χ2n) is 8.28. The van der Waals surface area contributed by atoms with Crippen LogP contribution in [0.15, 0.2) is 77.4 Å². The number of fused-ring (bicyclic) bond motifs is 3. The first-order valence-corrected chi connectivity index (χ1v) is 11.6. The molecule has 0 amide bonds. The predicted octanol–water partition coefficient (Wildman–Crippen LogP) is 7.02. The van der Waals surface area contributed by atoms with Crippen LogP contribution in [0.4, 0.5) is 0 Å². The van der Waals surface area contributed by atoms with E-state index in [1.807, 2.05) is 73.8 Å². The van der Waals surface area contributed by atoms with Gasteiger partial charge in [0.15, 0.2) is 0 Å². The molecule has 5 rings (SSSR count). The average Bonchev–Trinajstić information content (AvgIpc) is 2.80. The first-order chi connectivity index (χ1) is 15.9. The van der Waals surface area contributed by atoms with Gasteiger partial charge in [0.1, 0.15) is 11.9 Å². The quantitative estimate of drug-likeness (QED) is 0.307. The molecule has 1 heterocycles. The Morgan fingerprint density at radius 2 is 1.76 bits per heavy atom. The first-order valence-electron chi connectivity index (χ1n) is 10.8. The van der Waals surface area contributed by atoms with E-state index in [1.165, 1.54) is 6.92 Å². The number of ether oxygens (including phenoxy) is 1. The molecule has 0 saturated heterocycles. The van der Waals surface area contributed by atoms with Crippen LogP contribution in [0, 0.1) is 6.92 Å². The Morgan fingerprint density at radius 3 is 2.45 bits per heavy atom. The summed E-state index contributed by atoms with van der Waals surface area (Å²) in [5, 5.41) is 11.0. The Bertz CT molecular complexity index is 1360. The first kappa shape index (κ1) is 21.4. The predicted molar refractivity (Wildman–Crippen MR) is 133 cm³/mol. The van der Waals surface area contributed by atoms with Gasteiger partial charge in [-0.3, -0.25) is 9.78 Å². The highest BCUT2D eigenvalue weighted by atomic mass is 79.9. The lowest BCUT2D eigenvalue weighted by atomic mass is 9.77. The number of benzene rings is 3. The lowest BCUT2D eigenvalue weighted by Crippen LogP contribution is -2.18. The van der Waals surface area contributed by atoms with Crippen LogP contribution in [-0.2, 0) is 16.0 Å². The number of aromatic nitrogens is 1. The fourth-order valence-electron chi connectivity index (χ4n) is 4.60. The van der Waals surface area contributed by atoms with E-state index in [4.69, 9.17) is 4.74 Å². The van der Waals surface area contributed by atoms with E-state index in [0.717, 1.165) is 49.1 Å². The Hall–Kier alpha value is -3.44. The number of phenolic OH excluding ortho intramolecular Hbond substituents is 1. The number of nitrogens with zero attached hydrogens (tertiary/aromatic N) is 1. The zero-order chi connectivity index (χ0) is 23.1. The summed E-state index contributed by atoms with van der Waals surface area (Å²) < 4.78 is 6.83. The molecule has 1 aliphatic rings. The van der Waals surface area contributed by atoms with Crippen LogP contribution in [0.25, 0.3) is 33.5 Å². The monoisotopic (exact) mass is 499 g/mol. The van der Waals surface area contributed by atoms with E-state index < -0.39 is 6.10 Å². The number of aryl methyl sites for hydroxylation is 1. The number of carbonyl (C=O) groups is 1. The Kier molecular flexibility index (Phi) is 5.51. The van der Waals surface area contributed by atoms with Crippen molar-refractivity contribution < 1.29 is 14.6 Å². The molecule has 0 bridgehead atoms. The van der Waals surface area contributed by atoms with Gasteiger partial charge < -0.3 is 9.84 Å². The van der Waals surface area contributed by atoms with Gasteiger partial charge in [-0.15, -0.1) is 0 Å². The third-order valence-corrected chi connectivity index (χ3v) is 6.56. The molecule has 1 atom stereocenters. The summed E-state index contributed by atoms with van der Waals surface area (Å²) >= 11 is 3.49. The maximum absolute atomic E-state index is 12.1. The van der Waals surface area contributed by atoms with Gasteiger partial charge in [-0.2, -0.15) is 0 Å². The Balaban J connectivity index is 1.78. The summed E-state index contributed by atoms with van der Waals surface area (Å²) in [6, 6.07) is 21.7. The van der Waals surface area contributed by atoms with Crippen LogP contribution in [0.3, 0.4) is 0 Å². The molecule has 0 aliphatic heterocycles. The van der Waals surface area contributed by atoms with Crippen molar-refractivity contribution in [1.82, 2.24) is 4.98 Å². The molecule has 1 aromatic heterocycles. The van der Waals surface area contributed by atoms with E-state index in [9.17, 15) is 9.90 Å². The minimum absolute atomic E-state index is 0.165. The van der Waals surface area contributed by atoms with Crippen molar-refractivity contribution in [1.29, 1.82) is 0 Å². The molecule has 5 heteroatoms. The van der Waals surface area contributed by atoms with Gasteiger partial charge in [-0.1, -0.05) is 58.4 Å². The van der Waals surface area contributed by atoms with Crippen molar-refractivity contribution in [2.45, 2.75) is 26.4 Å². The van der Waals surface area contributed by atoms with Gasteiger partial charge in [-0.25, -0.2) is 0 Å². The summed E-state index contributed by atoms with van der Waals surface area (Å²) in [5.41, 5.74) is 8.32. The zero-order valence-corrected chi connectivity index (χ0v) is 19.9. The molecule has 1 aliphatic carbocycles. The molecule has 164 valence electrons. The second-order valence-corrected chi connectivity index (χ2v) is 9.20. The van der Waals surface area contributed by atoms with E-state index in [2.05, 4.69) is 20.9 Å². The van der Waals surface area contributed by atoms with Crippen LogP contribution in [0.1, 0.15) is 29.7 Å². The number of hydrogen-bond acceptors (Lipinski definition) is 4. The minimum atomic E-state index is -0.526. The molecule has 3 aromatic carbocycles. The van der Waals surface area contributed by atoms with Crippen LogP contribution in [0.2, 0.25) is 0 Å². The molecule has 1 unspecified atom stereocenters. The smallest absolute Gasteiger partial charge is 0.303 e. The summed E-state index contributed by atoms with van der Waals surface area (Å²) in [7, 11) is 0. The topological polar surface area (TPSA) is 59.4 Å². The number of halogens is 1. The molecule has 0 spiro atoms. The molecule has 0 radical (unpaired) electrons. The SMILES string of the molecule is CC(=O)OC1Cc2c(-c3ccc(C)cn3)cccc2-c2c(O)ccc(-c3ccc(Br)cc3)c21. The zero-order valence-electron chi connectivity index (χ0n) is 18.3. The summed E-state index contributed by atoms with van der Waals surface area (Å²) in [6.45, 7) is 3.43. The summed E-state index contributed by atoms with van der Waals surface area (Å²) in [4.78, 5) is 16.7. The number of rotatable bonds is 3. The number of esters is 1. The van der Waals surface area contributed by atoms with Gasteiger partial charge >= 0.3 is 5.97 Å².